The fourth-order valence-corrected chi connectivity index (χ4v) is 1.52. The van der Waals surface area contributed by atoms with E-state index in [0.717, 1.165) is 5.69 Å². The van der Waals surface area contributed by atoms with E-state index < -0.39 is 0 Å². The molecular formula is C12H11N5. The van der Waals surface area contributed by atoms with Gasteiger partial charge >= 0.3 is 0 Å². The lowest BCUT2D eigenvalue weighted by molar-refractivity contribution is 1.08. The number of anilines is 3. The molecule has 5 nitrogen and oxygen atoms in total. The molecule has 0 aliphatic heterocycles. The monoisotopic (exact) mass is 225 g/mol. The Morgan fingerprint density at radius 3 is 2.94 bits per heavy atom. The van der Waals surface area contributed by atoms with Crippen LogP contribution < -0.4 is 10.6 Å². The van der Waals surface area contributed by atoms with Gasteiger partial charge in [0, 0.05) is 12.7 Å². The zero-order chi connectivity index (χ0) is 12.3. The number of hydrogen-bond acceptors (Lipinski definition) is 5. The lowest BCUT2D eigenvalue weighted by Crippen LogP contribution is -2.13. The number of nitrogens with zero attached hydrogens (tertiary/aromatic N) is 4. The zero-order valence-electron chi connectivity index (χ0n) is 9.33. The molecule has 1 aromatic heterocycles. The van der Waals surface area contributed by atoms with Gasteiger partial charge in [0.2, 0.25) is 0 Å². The number of benzene rings is 1. The molecule has 2 aromatic rings. The number of nitriles is 1. The van der Waals surface area contributed by atoms with Crippen molar-refractivity contribution in [2.24, 2.45) is 0 Å². The zero-order valence-corrected chi connectivity index (χ0v) is 9.33. The van der Waals surface area contributed by atoms with E-state index in [-0.39, 0.29) is 0 Å². The summed E-state index contributed by atoms with van der Waals surface area (Å²) in [6.07, 6.45) is 2.99. The minimum absolute atomic E-state index is 0.498. The van der Waals surface area contributed by atoms with E-state index in [4.69, 9.17) is 11.0 Å². The van der Waals surface area contributed by atoms with Crippen LogP contribution in [0.5, 0.6) is 0 Å². The van der Waals surface area contributed by atoms with Gasteiger partial charge < -0.3 is 10.6 Å². The Kier molecular flexibility index (Phi) is 2.88. The summed E-state index contributed by atoms with van der Waals surface area (Å²) in [5, 5.41) is 8.85. The topological polar surface area (TPSA) is 78.8 Å². The van der Waals surface area contributed by atoms with E-state index in [0.29, 0.717) is 17.1 Å². The van der Waals surface area contributed by atoms with Gasteiger partial charge in [-0.3, -0.25) is 0 Å². The lowest BCUT2D eigenvalue weighted by atomic mass is 10.2. The molecule has 0 aliphatic carbocycles. The van der Waals surface area contributed by atoms with Crippen LogP contribution in [0.15, 0.2) is 36.8 Å². The van der Waals surface area contributed by atoms with Crippen LogP contribution in [0.3, 0.4) is 0 Å². The summed E-state index contributed by atoms with van der Waals surface area (Å²) in [6.45, 7) is 0. The van der Waals surface area contributed by atoms with Gasteiger partial charge in [0.15, 0.2) is 5.82 Å². The second kappa shape index (κ2) is 4.49. The maximum Gasteiger partial charge on any atom is 0.159 e. The molecule has 0 aliphatic rings. The van der Waals surface area contributed by atoms with Crippen LogP contribution >= 0.6 is 0 Å². The quantitative estimate of drug-likeness (QED) is 0.841. The molecule has 0 saturated carbocycles. The van der Waals surface area contributed by atoms with Crippen molar-refractivity contribution in [3.8, 4) is 6.07 Å². The molecule has 17 heavy (non-hydrogen) atoms. The third-order valence-corrected chi connectivity index (χ3v) is 2.40. The Bertz CT molecular complexity index is 573. The normalized spacial score (nSPS) is 9.65. The maximum absolute atomic E-state index is 8.85. The van der Waals surface area contributed by atoms with Gasteiger partial charge in [0.25, 0.3) is 0 Å². The van der Waals surface area contributed by atoms with Crippen LogP contribution in [0.1, 0.15) is 5.56 Å². The van der Waals surface area contributed by atoms with Crippen LogP contribution in [0.25, 0.3) is 0 Å². The highest BCUT2D eigenvalue weighted by Gasteiger charge is 2.09. The van der Waals surface area contributed by atoms with Crippen molar-refractivity contribution in [1.82, 2.24) is 9.97 Å². The predicted octanol–water partition coefficient (Wildman–Crippen LogP) is 1.70. The first-order valence-electron chi connectivity index (χ1n) is 5.01. The van der Waals surface area contributed by atoms with Gasteiger partial charge in [-0.15, -0.1) is 0 Å². The molecule has 5 heteroatoms. The van der Waals surface area contributed by atoms with Crippen LogP contribution in [-0.4, -0.2) is 17.0 Å². The third kappa shape index (κ3) is 2.16. The maximum atomic E-state index is 8.85. The van der Waals surface area contributed by atoms with Crippen molar-refractivity contribution < 1.29 is 0 Å². The van der Waals surface area contributed by atoms with Crippen molar-refractivity contribution in [2.45, 2.75) is 0 Å². The summed E-state index contributed by atoms with van der Waals surface area (Å²) in [6, 6.07) is 9.34. The summed E-state index contributed by atoms with van der Waals surface area (Å²) in [5.41, 5.74) is 7.75. The molecule has 0 atom stereocenters. The first-order valence-corrected chi connectivity index (χ1v) is 5.01. The average Bonchev–Trinajstić information content (AvgIpc) is 2.38. The molecule has 2 N–H and O–H groups in total. The highest BCUT2D eigenvalue weighted by Crippen LogP contribution is 2.25. The Hall–Kier alpha value is -2.61. The molecule has 0 unspecified atom stereocenters. The van der Waals surface area contributed by atoms with Crippen molar-refractivity contribution in [1.29, 1.82) is 5.26 Å². The molecule has 2 rings (SSSR count). The van der Waals surface area contributed by atoms with Crippen LogP contribution in [0, 0.1) is 11.3 Å². The smallest absolute Gasteiger partial charge is 0.159 e. The van der Waals surface area contributed by atoms with E-state index in [9.17, 15) is 0 Å². The SMILES string of the molecule is CN(c1cccc(C#N)c1)c1ncncc1N. The summed E-state index contributed by atoms with van der Waals surface area (Å²) in [4.78, 5) is 9.77. The molecule has 84 valence electrons. The molecule has 0 bridgehead atoms. The molecule has 0 saturated heterocycles. The highest BCUT2D eigenvalue weighted by molar-refractivity contribution is 5.70. The lowest BCUT2D eigenvalue weighted by Gasteiger charge is -2.19. The van der Waals surface area contributed by atoms with Gasteiger partial charge in [-0.1, -0.05) is 6.07 Å². The number of rotatable bonds is 2. The Labute approximate surface area is 99.1 Å². The summed E-state index contributed by atoms with van der Waals surface area (Å²) in [7, 11) is 1.84. The summed E-state index contributed by atoms with van der Waals surface area (Å²) >= 11 is 0. The van der Waals surface area contributed by atoms with Gasteiger partial charge in [-0.25, -0.2) is 9.97 Å². The number of nitrogens with two attached hydrogens (primary N) is 1. The molecule has 1 aromatic carbocycles. The minimum atomic E-state index is 0.498. The summed E-state index contributed by atoms with van der Waals surface area (Å²) in [5.74, 6) is 0.620. The Morgan fingerprint density at radius 1 is 1.41 bits per heavy atom. The Morgan fingerprint density at radius 2 is 2.24 bits per heavy atom. The number of aromatic nitrogens is 2. The van der Waals surface area contributed by atoms with Crippen LogP contribution in [0.2, 0.25) is 0 Å². The molecule has 0 radical (unpaired) electrons. The molecule has 0 spiro atoms. The van der Waals surface area contributed by atoms with Crippen molar-refractivity contribution in [3.05, 3.63) is 42.4 Å². The fourth-order valence-electron chi connectivity index (χ4n) is 1.52. The van der Waals surface area contributed by atoms with Crippen molar-refractivity contribution >= 4 is 17.2 Å². The van der Waals surface area contributed by atoms with Gasteiger partial charge in [0.1, 0.15) is 6.33 Å². The fraction of sp³-hybridized carbons (Fsp3) is 0.0833. The van der Waals surface area contributed by atoms with E-state index >= 15 is 0 Å². The minimum Gasteiger partial charge on any atom is -0.394 e. The number of hydrogen-bond donors (Lipinski definition) is 1. The Balaban J connectivity index is 2.41. The molecular weight excluding hydrogens is 214 g/mol. The first-order chi connectivity index (χ1) is 8.22. The summed E-state index contributed by atoms with van der Waals surface area (Å²) < 4.78 is 0. The average molecular weight is 225 g/mol. The van der Waals surface area contributed by atoms with Gasteiger partial charge in [0.05, 0.1) is 23.5 Å². The van der Waals surface area contributed by atoms with E-state index in [1.807, 2.05) is 24.1 Å². The van der Waals surface area contributed by atoms with Gasteiger partial charge in [-0.2, -0.15) is 5.26 Å². The highest BCUT2D eigenvalue weighted by atomic mass is 15.2. The van der Waals surface area contributed by atoms with E-state index in [1.165, 1.54) is 6.33 Å². The number of nitrogen functional groups attached to an aromatic ring is 1. The largest absolute Gasteiger partial charge is 0.394 e. The predicted molar refractivity (Wildman–Crippen MR) is 65.7 cm³/mol. The standard InChI is InChI=1S/C12H11N5/c1-17(12-11(14)7-15-8-16-12)10-4-2-3-9(5-10)6-13/h2-5,7-8H,14H2,1H3. The molecule has 0 fully saturated rings. The first kappa shape index (κ1) is 10.9. The van der Waals surface area contributed by atoms with Crippen molar-refractivity contribution in [3.63, 3.8) is 0 Å². The van der Waals surface area contributed by atoms with Crippen LogP contribution in [0.4, 0.5) is 17.2 Å². The second-order valence-electron chi connectivity index (χ2n) is 3.52. The van der Waals surface area contributed by atoms with E-state index in [1.54, 1.807) is 18.3 Å². The second-order valence-corrected chi connectivity index (χ2v) is 3.52. The van der Waals surface area contributed by atoms with Crippen molar-refractivity contribution in [2.75, 3.05) is 17.7 Å². The van der Waals surface area contributed by atoms with Crippen LogP contribution in [-0.2, 0) is 0 Å². The van der Waals surface area contributed by atoms with Gasteiger partial charge in [-0.05, 0) is 18.2 Å². The van der Waals surface area contributed by atoms with E-state index in [2.05, 4.69) is 16.0 Å². The molecule has 1 heterocycles. The third-order valence-electron chi connectivity index (χ3n) is 2.40. The molecule has 0 amide bonds.